The van der Waals surface area contributed by atoms with E-state index in [0.717, 1.165) is 15.8 Å². The predicted molar refractivity (Wildman–Crippen MR) is 125 cm³/mol. The van der Waals surface area contributed by atoms with Crippen LogP contribution in [0.2, 0.25) is 0 Å². The lowest BCUT2D eigenvalue weighted by molar-refractivity contribution is 0.102. The van der Waals surface area contributed by atoms with E-state index in [0.29, 0.717) is 24.4 Å². The zero-order valence-electron chi connectivity index (χ0n) is 17.1. The Morgan fingerprint density at radius 1 is 1.06 bits per heavy atom. The fraction of sp³-hybridized carbons (Fsp3) is 0.120. The van der Waals surface area contributed by atoms with Crippen LogP contribution in [0.4, 0.5) is 5.69 Å². The van der Waals surface area contributed by atoms with Gasteiger partial charge in [0.25, 0.3) is 5.91 Å². The van der Waals surface area contributed by atoms with Crippen LogP contribution in [-0.2, 0) is 13.2 Å². The largest absolute Gasteiger partial charge is 0.488 e. The first-order valence-electron chi connectivity index (χ1n) is 9.93. The lowest BCUT2D eigenvalue weighted by atomic mass is 10.1. The van der Waals surface area contributed by atoms with Crippen molar-refractivity contribution < 1.29 is 9.53 Å². The van der Waals surface area contributed by atoms with Crippen LogP contribution >= 0.6 is 15.9 Å². The molecule has 6 heteroatoms. The van der Waals surface area contributed by atoms with E-state index in [9.17, 15) is 4.79 Å². The number of amides is 1. The number of para-hydroxylation sites is 1. The molecular formula is C25H22BrN3O2. The van der Waals surface area contributed by atoms with Crippen molar-refractivity contribution in [1.29, 1.82) is 0 Å². The third-order valence-electron chi connectivity index (χ3n) is 4.90. The first-order chi connectivity index (χ1) is 15.1. The summed E-state index contributed by atoms with van der Waals surface area (Å²) >= 11 is 3.47. The Kier molecular flexibility index (Phi) is 6.48. The number of rotatable bonds is 7. The number of aromatic nitrogens is 2. The maximum absolute atomic E-state index is 12.7. The highest BCUT2D eigenvalue weighted by Crippen LogP contribution is 2.25. The molecule has 0 bridgehead atoms. The van der Waals surface area contributed by atoms with Crippen molar-refractivity contribution in [2.45, 2.75) is 20.1 Å². The summed E-state index contributed by atoms with van der Waals surface area (Å²) in [4.78, 5) is 12.7. The molecule has 0 saturated carbocycles. The summed E-state index contributed by atoms with van der Waals surface area (Å²) in [7, 11) is 0. The zero-order chi connectivity index (χ0) is 21.6. The highest BCUT2D eigenvalue weighted by atomic mass is 79.9. The summed E-state index contributed by atoms with van der Waals surface area (Å²) in [6, 6.07) is 23.3. The van der Waals surface area contributed by atoms with Crippen molar-refractivity contribution in [1.82, 2.24) is 9.78 Å². The van der Waals surface area contributed by atoms with Gasteiger partial charge in [-0.3, -0.25) is 9.48 Å². The van der Waals surface area contributed by atoms with Crippen LogP contribution in [0.5, 0.6) is 5.75 Å². The van der Waals surface area contributed by atoms with Gasteiger partial charge in [0.05, 0.1) is 22.9 Å². The van der Waals surface area contributed by atoms with E-state index < -0.39 is 0 Å². The molecule has 0 saturated heterocycles. The molecule has 4 aromatic rings. The van der Waals surface area contributed by atoms with Crippen LogP contribution in [0.15, 0.2) is 89.7 Å². The van der Waals surface area contributed by atoms with Crippen LogP contribution in [0.3, 0.4) is 0 Å². The molecule has 0 fully saturated rings. The molecule has 0 atom stereocenters. The van der Waals surface area contributed by atoms with E-state index in [4.69, 9.17) is 4.74 Å². The van der Waals surface area contributed by atoms with Gasteiger partial charge in [-0.1, -0.05) is 48.5 Å². The highest BCUT2D eigenvalue weighted by Gasteiger charge is 2.10. The van der Waals surface area contributed by atoms with E-state index in [1.807, 2.05) is 65.5 Å². The molecule has 0 radical (unpaired) electrons. The number of halogens is 1. The average Bonchev–Trinajstić information content (AvgIpc) is 3.22. The van der Waals surface area contributed by atoms with E-state index in [1.54, 1.807) is 12.3 Å². The van der Waals surface area contributed by atoms with E-state index in [2.05, 4.69) is 45.4 Å². The summed E-state index contributed by atoms with van der Waals surface area (Å²) in [6.07, 6.45) is 3.50. The molecule has 0 aliphatic carbocycles. The number of hydrogen-bond donors (Lipinski definition) is 1. The lowest BCUT2D eigenvalue weighted by Gasteiger charge is -2.09. The van der Waals surface area contributed by atoms with Gasteiger partial charge < -0.3 is 10.1 Å². The number of carbonyl (C=O) groups excluding carboxylic acids is 1. The van der Waals surface area contributed by atoms with Gasteiger partial charge in [-0.15, -0.1) is 0 Å². The van der Waals surface area contributed by atoms with E-state index >= 15 is 0 Å². The van der Waals surface area contributed by atoms with Gasteiger partial charge in [-0.2, -0.15) is 5.10 Å². The number of anilines is 1. The smallest absolute Gasteiger partial charge is 0.255 e. The van der Waals surface area contributed by atoms with Crippen molar-refractivity contribution in [3.05, 3.63) is 112 Å². The summed E-state index contributed by atoms with van der Waals surface area (Å²) in [6.45, 7) is 3.11. The zero-order valence-corrected chi connectivity index (χ0v) is 18.7. The van der Waals surface area contributed by atoms with Gasteiger partial charge in [0.2, 0.25) is 0 Å². The van der Waals surface area contributed by atoms with E-state index in [-0.39, 0.29) is 5.91 Å². The van der Waals surface area contributed by atoms with Gasteiger partial charge in [0, 0.05) is 11.8 Å². The standard InChI is InChI=1S/C25H22BrN3O2/c1-18-7-2-3-9-21(18)15-29-16-22(14-27-29)28-25(30)20-10-6-8-19(13-20)17-31-24-12-5-4-11-23(24)26/h2-14,16H,15,17H2,1H3,(H,28,30). The first-order valence-corrected chi connectivity index (χ1v) is 10.7. The molecule has 0 unspecified atom stereocenters. The van der Waals surface area contributed by atoms with Crippen molar-refractivity contribution in [2.75, 3.05) is 5.32 Å². The molecule has 31 heavy (non-hydrogen) atoms. The molecule has 5 nitrogen and oxygen atoms in total. The Hall–Kier alpha value is -3.38. The molecule has 1 heterocycles. The van der Waals surface area contributed by atoms with Crippen molar-refractivity contribution >= 4 is 27.5 Å². The van der Waals surface area contributed by atoms with Crippen LogP contribution < -0.4 is 10.1 Å². The molecule has 3 aromatic carbocycles. The molecule has 0 aliphatic rings. The van der Waals surface area contributed by atoms with Gasteiger partial charge >= 0.3 is 0 Å². The van der Waals surface area contributed by atoms with Gasteiger partial charge in [-0.25, -0.2) is 0 Å². The summed E-state index contributed by atoms with van der Waals surface area (Å²) in [5.41, 5.74) is 4.55. The second-order valence-electron chi connectivity index (χ2n) is 7.23. The van der Waals surface area contributed by atoms with Gasteiger partial charge in [0.15, 0.2) is 0 Å². The number of carbonyl (C=O) groups is 1. The Morgan fingerprint density at radius 2 is 1.87 bits per heavy atom. The predicted octanol–water partition coefficient (Wildman–Crippen LogP) is 5.83. The van der Waals surface area contributed by atoms with Crippen molar-refractivity contribution in [3.63, 3.8) is 0 Å². The quantitative estimate of drug-likeness (QED) is 0.365. The van der Waals surface area contributed by atoms with Crippen LogP contribution in [0.25, 0.3) is 0 Å². The number of aryl methyl sites for hydroxylation is 1. The van der Waals surface area contributed by atoms with Crippen molar-refractivity contribution in [3.8, 4) is 5.75 Å². The van der Waals surface area contributed by atoms with Gasteiger partial charge in [-0.05, 0) is 63.8 Å². The second-order valence-corrected chi connectivity index (χ2v) is 8.08. The summed E-state index contributed by atoms with van der Waals surface area (Å²) < 4.78 is 8.57. The molecule has 1 aromatic heterocycles. The van der Waals surface area contributed by atoms with Crippen LogP contribution in [-0.4, -0.2) is 15.7 Å². The topological polar surface area (TPSA) is 56.2 Å². The molecule has 1 N–H and O–H groups in total. The monoisotopic (exact) mass is 475 g/mol. The minimum absolute atomic E-state index is 0.182. The fourth-order valence-corrected chi connectivity index (χ4v) is 3.60. The number of nitrogens with zero attached hydrogens (tertiary/aromatic N) is 2. The van der Waals surface area contributed by atoms with E-state index in [1.165, 1.54) is 11.1 Å². The molecule has 4 rings (SSSR count). The maximum atomic E-state index is 12.7. The highest BCUT2D eigenvalue weighted by molar-refractivity contribution is 9.10. The first kappa shape index (κ1) is 20.9. The van der Waals surface area contributed by atoms with Crippen molar-refractivity contribution in [2.24, 2.45) is 0 Å². The molecule has 0 aliphatic heterocycles. The third kappa shape index (κ3) is 5.41. The minimum atomic E-state index is -0.182. The Morgan fingerprint density at radius 3 is 2.71 bits per heavy atom. The maximum Gasteiger partial charge on any atom is 0.255 e. The number of benzene rings is 3. The fourth-order valence-electron chi connectivity index (χ4n) is 3.21. The normalized spacial score (nSPS) is 10.6. The average molecular weight is 476 g/mol. The Balaban J connectivity index is 1.39. The molecule has 156 valence electrons. The summed E-state index contributed by atoms with van der Waals surface area (Å²) in [5, 5.41) is 7.28. The number of nitrogens with one attached hydrogen (secondary N) is 1. The molecular weight excluding hydrogens is 454 g/mol. The van der Waals surface area contributed by atoms with Crippen LogP contribution in [0, 0.1) is 6.92 Å². The Bertz CT molecular complexity index is 1200. The number of hydrogen-bond acceptors (Lipinski definition) is 3. The Labute approximate surface area is 189 Å². The second kappa shape index (κ2) is 9.62. The summed E-state index contributed by atoms with van der Waals surface area (Å²) in [5.74, 6) is 0.580. The van der Waals surface area contributed by atoms with Gasteiger partial charge in [0.1, 0.15) is 12.4 Å². The molecule has 1 amide bonds. The van der Waals surface area contributed by atoms with Crippen LogP contribution in [0.1, 0.15) is 27.0 Å². The SMILES string of the molecule is Cc1ccccc1Cn1cc(NC(=O)c2cccc(COc3ccccc3Br)c2)cn1. The lowest BCUT2D eigenvalue weighted by Crippen LogP contribution is -2.12. The minimum Gasteiger partial charge on any atom is -0.488 e. The number of ether oxygens (including phenoxy) is 1. The molecule has 0 spiro atoms. The third-order valence-corrected chi connectivity index (χ3v) is 5.56.